The third kappa shape index (κ3) is 4.45. The van der Waals surface area contributed by atoms with E-state index in [1.54, 1.807) is 24.3 Å². The molecule has 0 unspecified atom stereocenters. The summed E-state index contributed by atoms with van der Waals surface area (Å²) < 4.78 is 50.6. The van der Waals surface area contributed by atoms with Crippen molar-refractivity contribution < 1.29 is 27.4 Å². The summed E-state index contributed by atoms with van der Waals surface area (Å²) in [5, 5.41) is 4.74. The lowest BCUT2D eigenvalue weighted by Gasteiger charge is -2.13. The van der Waals surface area contributed by atoms with Gasteiger partial charge in [0.2, 0.25) is 0 Å². The van der Waals surface area contributed by atoms with Crippen LogP contribution in [0.15, 0.2) is 78.9 Å². The molecule has 0 saturated heterocycles. The summed E-state index contributed by atoms with van der Waals surface area (Å²) in [4.78, 5) is 12.5. The van der Waals surface area contributed by atoms with Gasteiger partial charge in [-0.25, -0.2) is 0 Å². The third-order valence-corrected chi connectivity index (χ3v) is 5.89. The molecule has 7 heteroatoms. The van der Waals surface area contributed by atoms with E-state index in [9.17, 15) is 18.0 Å². The molecule has 0 aromatic heterocycles. The lowest BCUT2D eigenvalue weighted by molar-refractivity contribution is -0.137. The summed E-state index contributed by atoms with van der Waals surface area (Å²) >= 11 is 0. The Kier molecular flexibility index (Phi) is 5.68. The van der Waals surface area contributed by atoms with Gasteiger partial charge in [-0.15, -0.1) is 0 Å². The molecule has 4 aromatic carbocycles. The van der Waals surface area contributed by atoms with Crippen LogP contribution in [0.5, 0.6) is 11.5 Å². The fourth-order valence-corrected chi connectivity index (χ4v) is 4.15. The zero-order valence-electron chi connectivity index (χ0n) is 18.6. The van der Waals surface area contributed by atoms with Crippen molar-refractivity contribution >= 4 is 34.0 Å². The van der Waals surface area contributed by atoms with E-state index in [0.29, 0.717) is 29.2 Å². The van der Waals surface area contributed by atoms with Crippen molar-refractivity contribution in [3.8, 4) is 11.5 Å². The first-order chi connectivity index (χ1) is 16.8. The highest BCUT2D eigenvalue weighted by Crippen LogP contribution is 2.39. The Balaban J connectivity index is 1.41. The Bertz CT molecular complexity index is 1470. The predicted molar refractivity (Wildman–Crippen MR) is 129 cm³/mol. The van der Waals surface area contributed by atoms with Crippen molar-refractivity contribution in [3.05, 3.63) is 101 Å². The van der Waals surface area contributed by atoms with E-state index < -0.39 is 17.6 Å². The van der Waals surface area contributed by atoms with Crippen LogP contribution in [-0.4, -0.2) is 13.0 Å². The molecule has 1 N–H and O–H groups in total. The Morgan fingerprint density at radius 3 is 2.51 bits per heavy atom. The van der Waals surface area contributed by atoms with Crippen LogP contribution >= 0.6 is 0 Å². The minimum Gasteiger partial charge on any atom is -0.493 e. The Labute approximate surface area is 199 Å². The van der Waals surface area contributed by atoms with Crippen molar-refractivity contribution in [3.63, 3.8) is 0 Å². The Morgan fingerprint density at radius 2 is 1.71 bits per heavy atom. The summed E-state index contributed by atoms with van der Waals surface area (Å²) in [6.45, 7) is 0.343. The molecule has 0 saturated carbocycles. The third-order valence-electron chi connectivity index (χ3n) is 5.89. The highest BCUT2D eigenvalue weighted by atomic mass is 19.4. The van der Waals surface area contributed by atoms with E-state index in [4.69, 9.17) is 9.47 Å². The number of hydrogen-bond donors (Lipinski definition) is 1. The molecule has 35 heavy (non-hydrogen) atoms. The highest BCUT2D eigenvalue weighted by Gasteiger charge is 2.33. The van der Waals surface area contributed by atoms with E-state index in [2.05, 4.69) is 5.32 Å². The van der Waals surface area contributed by atoms with Gasteiger partial charge in [0, 0.05) is 16.8 Å². The number of carbonyl (C=O) groups excluding carboxylic acids is 1. The van der Waals surface area contributed by atoms with Crippen molar-refractivity contribution in [2.75, 3.05) is 12.4 Å². The first kappa shape index (κ1) is 22.5. The fourth-order valence-electron chi connectivity index (χ4n) is 4.15. The number of anilines is 1. The van der Waals surface area contributed by atoms with Crippen LogP contribution in [0, 0.1) is 0 Å². The number of carbonyl (C=O) groups is 1. The lowest BCUT2D eigenvalue weighted by Crippen LogP contribution is -2.06. The molecule has 1 aliphatic heterocycles. The standard InChI is InChI=1S/C28H20F3NO3/c1-34-26-14-17(13-23-22-11-10-20(28(29,30)31)15-24(22)32-27(23)33)9-12-25(26)35-16-19-7-4-6-18-5-2-3-8-21(18)19/h2-15H,16H2,1H3,(H,32,33)/b23-13-. The molecule has 0 atom stereocenters. The monoisotopic (exact) mass is 475 g/mol. The van der Waals surface area contributed by atoms with Crippen molar-refractivity contribution in [2.45, 2.75) is 12.8 Å². The number of fused-ring (bicyclic) bond motifs is 2. The summed E-state index contributed by atoms with van der Waals surface area (Å²) in [5.74, 6) is 0.550. The zero-order chi connectivity index (χ0) is 24.6. The second-order valence-corrected chi connectivity index (χ2v) is 8.11. The van der Waals surface area contributed by atoms with Gasteiger partial charge < -0.3 is 14.8 Å². The van der Waals surface area contributed by atoms with E-state index in [-0.39, 0.29) is 11.3 Å². The Hall–Kier alpha value is -4.26. The largest absolute Gasteiger partial charge is 0.493 e. The number of ether oxygens (including phenoxy) is 2. The smallest absolute Gasteiger partial charge is 0.416 e. The molecule has 1 amide bonds. The predicted octanol–water partition coefficient (Wildman–Crippen LogP) is 6.94. The molecule has 0 radical (unpaired) electrons. The number of hydrogen-bond acceptors (Lipinski definition) is 3. The molecule has 4 aromatic rings. The van der Waals surface area contributed by atoms with Crippen molar-refractivity contribution in [1.29, 1.82) is 0 Å². The van der Waals surface area contributed by atoms with Gasteiger partial charge in [-0.05, 0) is 52.2 Å². The van der Waals surface area contributed by atoms with E-state index >= 15 is 0 Å². The number of alkyl halides is 3. The number of nitrogens with one attached hydrogen (secondary N) is 1. The quantitative estimate of drug-likeness (QED) is 0.318. The van der Waals surface area contributed by atoms with Crippen molar-refractivity contribution in [2.24, 2.45) is 0 Å². The van der Waals surface area contributed by atoms with Crippen LogP contribution in [0.3, 0.4) is 0 Å². The second-order valence-electron chi connectivity index (χ2n) is 8.11. The fraction of sp³-hybridized carbons (Fsp3) is 0.107. The highest BCUT2D eigenvalue weighted by molar-refractivity contribution is 6.35. The molecular weight excluding hydrogens is 455 g/mol. The topological polar surface area (TPSA) is 47.6 Å². The number of rotatable bonds is 5. The minimum atomic E-state index is -4.48. The van der Waals surface area contributed by atoms with Crippen LogP contribution in [0.25, 0.3) is 22.4 Å². The van der Waals surface area contributed by atoms with Gasteiger partial charge in [-0.3, -0.25) is 4.79 Å². The molecule has 0 aliphatic carbocycles. The SMILES string of the molecule is COc1cc(/C=C2\C(=O)Nc3cc(C(F)(F)F)ccc32)ccc1OCc1cccc2ccccc12. The molecule has 1 heterocycles. The van der Waals surface area contributed by atoms with Gasteiger partial charge in [0.1, 0.15) is 6.61 Å². The summed E-state index contributed by atoms with van der Waals surface area (Å²) in [6.07, 6.45) is -2.87. The summed E-state index contributed by atoms with van der Waals surface area (Å²) in [5.41, 5.74) is 1.70. The zero-order valence-corrected chi connectivity index (χ0v) is 18.6. The van der Waals surface area contributed by atoms with Gasteiger partial charge >= 0.3 is 6.18 Å². The van der Waals surface area contributed by atoms with E-state index in [1.165, 1.54) is 13.2 Å². The van der Waals surface area contributed by atoms with Gasteiger partial charge in [0.05, 0.1) is 12.7 Å². The molecule has 0 fully saturated rings. The molecule has 1 aliphatic rings. The molecule has 5 rings (SSSR count). The molecule has 0 bridgehead atoms. The number of methoxy groups -OCH3 is 1. The maximum absolute atomic E-state index is 13.0. The number of halogens is 3. The molecule has 4 nitrogen and oxygen atoms in total. The molecular formula is C28H20F3NO3. The minimum absolute atomic E-state index is 0.137. The first-order valence-electron chi connectivity index (χ1n) is 10.9. The van der Waals surface area contributed by atoms with Gasteiger partial charge in [0.15, 0.2) is 11.5 Å². The van der Waals surface area contributed by atoms with Gasteiger partial charge in [-0.1, -0.05) is 54.6 Å². The average molecular weight is 475 g/mol. The van der Waals surface area contributed by atoms with Crippen LogP contribution in [0.1, 0.15) is 22.3 Å². The van der Waals surface area contributed by atoms with Gasteiger partial charge in [-0.2, -0.15) is 13.2 Å². The summed E-state index contributed by atoms with van der Waals surface area (Å²) in [7, 11) is 1.52. The van der Waals surface area contributed by atoms with Crippen LogP contribution in [-0.2, 0) is 17.6 Å². The van der Waals surface area contributed by atoms with E-state index in [1.807, 2.05) is 42.5 Å². The van der Waals surface area contributed by atoms with Crippen LogP contribution in [0.4, 0.5) is 18.9 Å². The van der Waals surface area contributed by atoms with Crippen molar-refractivity contribution in [1.82, 2.24) is 0 Å². The normalized spacial score (nSPS) is 14.2. The summed E-state index contributed by atoms with van der Waals surface area (Å²) in [6, 6.07) is 22.5. The average Bonchev–Trinajstić information content (AvgIpc) is 3.16. The molecule has 0 spiro atoms. The van der Waals surface area contributed by atoms with Crippen LogP contribution in [0.2, 0.25) is 0 Å². The Morgan fingerprint density at radius 1 is 0.914 bits per heavy atom. The maximum atomic E-state index is 13.0. The molecule has 176 valence electrons. The maximum Gasteiger partial charge on any atom is 0.416 e. The second kappa shape index (κ2) is 8.83. The number of amides is 1. The van der Waals surface area contributed by atoms with Crippen LogP contribution < -0.4 is 14.8 Å². The lowest BCUT2D eigenvalue weighted by atomic mass is 10.0. The van der Waals surface area contributed by atoms with Gasteiger partial charge in [0.25, 0.3) is 5.91 Å². The van der Waals surface area contributed by atoms with E-state index in [0.717, 1.165) is 28.5 Å². The first-order valence-corrected chi connectivity index (χ1v) is 10.9. The number of benzene rings is 4.